The molecular formula is C15H25BrN2S. The average Bonchev–Trinajstić information content (AvgIpc) is 2.60. The van der Waals surface area contributed by atoms with Gasteiger partial charge in [0.2, 0.25) is 0 Å². The molecule has 108 valence electrons. The third-order valence-corrected chi connectivity index (χ3v) is 6.29. The lowest BCUT2D eigenvalue weighted by Crippen LogP contribution is -2.34. The zero-order valence-corrected chi connectivity index (χ0v) is 14.6. The zero-order valence-electron chi connectivity index (χ0n) is 12.2. The van der Waals surface area contributed by atoms with E-state index in [1.807, 2.05) is 11.3 Å². The summed E-state index contributed by atoms with van der Waals surface area (Å²) in [6, 6.07) is 2.92. The van der Waals surface area contributed by atoms with Crippen molar-refractivity contribution in [1.29, 1.82) is 0 Å². The summed E-state index contributed by atoms with van der Waals surface area (Å²) in [4.78, 5) is 5.48. The molecule has 19 heavy (non-hydrogen) atoms. The summed E-state index contributed by atoms with van der Waals surface area (Å²) < 4.78 is 1.27. The van der Waals surface area contributed by atoms with Gasteiger partial charge in [-0.2, -0.15) is 0 Å². The Morgan fingerprint density at radius 3 is 2.89 bits per heavy atom. The first-order valence-electron chi connectivity index (χ1n) is 7.30. The van der Waals surface area contributed by atoms with Gasteiger partial charge in [0.15, 0.2) is 0 Å². The van der Waals surface area contributed by atoms with Crippen molar-refractivity contribution >= 4 is 27.3 Å². The van der Waals surface area contributed by atoms with E-state index in [1.165, 1.54) is 40.0 Å². The molecule has 1 N–H and O–H groups in total. The first-order valence-corrected chi connectivity index (χ1v) is 8.91. The number of likely N-dealkylation sites (tertiary alicyclic amines) is 1. The smallest absolute Gasteiger partial charge is 0.0479 e. The molecule has 1 aliphatic rings. The number of aryl methyl sites for hydroxylation is 1. The number of halogens is 1. The molecule has 0 radical (unpaired) electrons. The lowest BCUT2D eigenvalue weighted by Gasteiger charge is -2.31. The lowest BCUT2D eigenvalue weighted by molar-refractivity contribution is 0.193. The maximum atomic E-state index is 3.67. The van der Waals surface area contributed by atoms with Crippen LogP contribution in [-0.2, 0) is 0 Å². The van der Waals surface area contributed by atoms with Crippen LogP contribution in [0, 0.1) is 12.8 Å². The Bertz CT molecular complexity index is 385. The van der Waals surface area contributed by atoms with E-state index in [0.717, 1.165) is 19.0 Å². The van der Waals surface area contributed by atoms with Gasteiger partial charge in [-0.1, -0.05) is 13.3 Å². The van der Waals surface area contributed by atoms with E-state index in [1.54, 1.807) is 0 Å². The second-order valence-electron chi connectivity index (χ2n) is 5.54. The van der Waals surface area contributed by atoms with Crippen LogP contribution in [0.1, 0.15) is 42.0 Å². The fourth-order valence-electron chi connectivity index (χ4n) is 3.04. The Hall–Kier alpha value is 0.1000. The summed E-state index contributed by atoms with van der Waals surface area (Å²) in [6.45, 7) is 7.83. The maximum absolute atomic E-state index is 3.67. The van der Waals surface area contributed by atoms with Crippen molar-refractivity contribution < 1.29 is 0 Å². The molecule has 2 heterocycles. The summed E-state index contributed by atoms with van der Waals surface area (Å²) in [6.07, 6.45) is 4.04. The summed E-state index contributed by atoms with van der Waals surface area (Å²) >= 11 is 5.63. The SMILES string of the molecule is CCNCC1CCCCN(C)C1c1cc(Br)c(C)s1. The molecule has 0 spiro atoms. The van der Waals surface area contributed by atoms with E-state index in [4.69, 9.17) is 0 Å². The minimum Gasteiger partial charge on any atom is -0.317 e. The minimum atomic E-state index is 0.580. The van der Waals surface area contributed by atoms with E-state index < -0.39 is 0 Å². The highest BCUT2D eigenvalue weighted by Gasteiger charge is 2.30. The lowest BCUT2D eigenvalue weighted by atomic mass is 9.93. The highest BCUT2D eigenvalue weighted by Crippen LogP contribution is 2.39. The van der Waals surface area contributed by atoms with Crippen LogP contribution < -0.4 is 5.32 Å². The molecule has 4 heteroatoms. The van der Waals surface area contributed by atoms with Gasteiger partial charge in [-0.05, 0) is 74.4 Å². The van der Waals surface area contributed by atoms with Crippen molar-refractivity contribution in [2.45, 2.75) is 39.2 Å². The summed E-state index contributed by atoms with van der Waals surface area (Å²) in [5.41, 5.74) is 0. The van der Waals surface area contributed by atoms with Gasteiger partial charge >= 0.3 is 0 Å². The number of hydrogen-bond donors (Lipinski definition) is 1. The van der Waals surface area contributed by atoms with Crippen LogP contribution in [0.3, 0.4) is 0 Å². The molecule has 0 aromatic carbocycles. The van der Waals surface area contributed by atoms with Crippen LogP contribution in [0.4, 0.5) is 0 Å². The predicted molar refractivity (Wildman–Crippen MR) is 88.0 cm³/mol. The van der Waals surface area contributed by atoms with Crippen molar-refractivity contribution in [3.8, 4) is 0 Å². The molecule has 1 aliphatic heterocycles. The normalized spacial score (nSPS) is 25.5. The fraction of sp³-hybridized carbons (Fsp3) is 0.733. The van der Waals surface area contributed by atoms with E-state index in [9.17, 15) is 0 Å². The molecule has 1 saturated heterocycles. The fourth-order valence-corrected chi connectivity index (χ4v) is 4.87. The molecule has 2 nitrogen and oxygen atoms in total. The molecular weight excluding hydrogens is 320 g/mol. The van der Waals surface area contributed by atoms with Gasteiger partial charge in [-0.15, -0.1) is 11.3 Å². The number of nitrogens with one attached hydrogen (secondary N) is 1. The summed E-state index contributed by atoms with van der Waals surface area (Å²) in [7, 11) is 2.29. The van der Waals surface area contributed by atoms with Crippen LogP contribution in [0.5, 0.6) is 0 Å². The van der Waals surface area contributed by atoms with Crippen LogP contribution >= 0.6 is 27.3 Å². The summed E-state index contributed by atoms with van der Waals surface area (Å²) in [5, 5.41) is 3.55. The average molecular weight is 345 g/mol. The number of hydrogen-bond acceptors (Lipinski definition) is 3. The predicted octanol–water partition coefficient (Wildman–Crippen LogP) is 4.20. The van der Waals surface area contributed by atoms with Crippen molar-refractivity contribution in [3.63, 3.8) is 0 Å². The zero-order chi connectivity index (χ0) is 13.8. The van der Waals surface area contributed by atoms with Gasteiger partial charge in [0, 0.05) is 20.3 Å². The van der Waals surface area contributed by atoms with Gasteiger partial charge in [-0.3, -0.25) is 4.90 Å². The van der Waals surface area contributed by atoms with Gasteiger partial charge in [0.05, 0.1) is 0 Å². The third kappa shape index (κ3) is 3.81. The molecule has 0 bridgehead atoms. The molecule has 0 saturated carbocycles. The van der Waals surface area contributed by atoms with Crippen LogP contribution in [0.2, 0.25) is 0 Å². The highest BCUT2D eigenvalue weighted by molar-refractivity contribution is 9.10. The maximum Gasteiger partial charge on any atom is 0.0479 e. The molecule has 2 rings (SSSR count). The molecule has 1 aromatic heterocycles. The number of nitrogens with zero attached hydrogens (tertiary/aromatic N) is 1. The van der Waals surface area contributed by atoms with Gasteiger partial charge < -0.3 is 5.32 Å². The molecule has 2 unspecified atom stereocenters. The molecule has 1 aromatic rings. The van der Waals surface area contributed by atoms with E-state index in [-0.39, 0.29) is 0 Å². The quantitative estimate of drug-likeness (QED) is 0.880. The largest absolute Gasteiger partial charge is 0.317 e. The van der Waals surface area contributed by atoms with Crippen LogP contribution in [-0.4, -0.2) is 31.6 Å². The molecule has 1 fully saturated rings. The van der Waals surface area contributed by atoms with Crippen molar-refractivity contribution in [2.24, 2.45) is 5.92 Å². The van der Waals surface area contributed by atoms with Gasteiger partial charge in [0.25, 0.3) is 0 Å². The summed E-state index contributed by atoms with van der Waals surface area (Å²) in [5.74, 6) is 0.734. The monoisotopic (exact) mass is 344 g/mol. The standard InChI is InChI=1S/C15H25BrN2S/c1-4-17-10-12-7-5-6-8-18(3)15(12)14-9-13(16)11(2)19-14/h9,12,15,17H,4-8,10H2,1-3H3. The van der Waals surface area contributed by atoms with Crippen molar-refractivity contribution in [2.75, 3.05) is 26.7 Å². The van der Waals surface area contributed by atoms with E-state index in [0.29, 0.717) is 6.04 Å². The number of thiophene rings is 1. The Kier molecular flexibility index (Phi) is 5.87. The van der Waals surface area contributed by atoms with Crippen molar-refractivity contribution in [1.82, 2.24) is 10.2 Å². The van der Waals surface area contributed by atoms with Crippen LogP contribution in [0.25, 0.3) is 0 Å². The van der Waals surface area contributed by atoms with Gasteiger partial charge in [0.1, 0.15) is 0 Å². The second-order valence-corrected chi connectivity index (χ2v) is 7.68. The molecule has 0 aliphatic carbocycles. The van der Waals surface area contributed by atoms with E-state index >= 15 is 0 Å². The molecule has 2 atom stereocenters. The number of rotatable bonds is 4. The van der Waals surface area contributed by atoms with Crippen LogP contribution in [0.15, 0.2) is 10.5 Å². The first kappa shape index (κ1) is 15.5. The topological polar surface area (TPSA) is 15.3 Å². The highest BCUT2D eigenvalue weighted by atomic mass is 79.9. The minimum absolute atomic E-state index is 0.580. The van der Waals surface area contributed by atoms with E-state index in [2.05, 4.69) is 53.1 Å². The third-order valence-electron chi connectivity index (χ3n) is 4.08. The van der Waals surface area contributed by atoms with Crippen molar-refractivity contribution in [3.05, 3.63) is 20.3 Å². The Balaban J connectivity index is 2.22. The Morgan fingerprint density at radius 1 is 1.47 bits per heavy atom. The first-order chi connectivity index (χ1) is 9.13. The Morgan fingerprint density at radius 2 is 2.26 bits per heavy atom. The van der Waals surface area contributed by atoms with Gasteiger partial charge in [-0.25, -0.2) is 0 Å². The molecule has 0 amide bonds. The second kappa shape index (κ2) is 7.21. The Labute approximate surface area is 129 Å².